The van der Waals surface area contributed by atoms with Crippen LogP contribution in [0.5, 0.6) is 0 Å². The predicted molar refractivity (Wildman–Crippen MR) is 65.6 cm³/mol. The Kier molecular flexibility index (Phi) is 5.30. The maximum atomic E-state index is 10.8. The van der Waals surface area contributed by atoms with Crippen LogP contribution in [0.1, 0.15) is 6.92 Å². The van der Waals surface area contributed by atoms with E-state index in [1.165, 1.54) is 21.1 Å². The number of rotatable bonds is 6. The van der Waals surface area contributed by atoms with Gasteiger partial charge in [0.25, 0.3) is 0 Å². The topological polar surface area (TPSA) is 56.8 Å². The van der Waals surface area contributed by atoms with Gasteiger partial charge in [0, 0.05) is 26.3 Å². The number of hydrogen-bond donors (Lipinski definition) is 1. The zero-order valence-electron chi connectivity index (χ0n) is 10.2. The summed E-state index contributed by atoms with van der Waals surface area (Å²) in [5, 5.41) is 3.41. The van der Waals surface area contributed by atoms with Crippen LogP contribution in [-0.2, 0) is 18.1 Å². The first-order valence-corrected chi connectivity index (χ1v) is 6.91. The third kappa shape index (κ3) is 3.64. The lowest BCUT2D eigenvalue weighted by molar-refractivity contribution is -0.120. The summed E-state index contributed by atoms with van der Waals surface area (Å²) in [6, 6.07) is 9.44. The van der Waals surface area contributed by atoms with Gasteiger partial charge in [-0.1, -0.05) is 30.3 Å². The van der Waals surface area contributed by atoms with Crippen LogP contribution >= 0.6 is 0 Å². The van der Waals surface area contributed by atoms with Gasteiger partial charge >= 0.3 is 8.80 Å². The van der Waals surface area contributed by atoms with Crippen molar-refractivity contribution in [3.05, 3.63) is 30.3 Å². The molecule has 0 aliphatic carbocycles. The lowest BCUT2D eigenvalue weighted by Gasteiger charge is -2.26. The fraction of sp³-hybridized carbons (Fsp3) is 0.364. The lowest BCUT2D eigenvalue weighted by Crippen LogP contribution is -2.56. The molecule has 94 valence electrons. The molecule has 0 saturated carbocycles. The van der Waals surface area contributed by atoms with E-state index in [2.05, 4.69) is 5.32 Å². The normalized spacial score (nSPS) is 11.2. The molecular weight excluding hydrogens is 238 g/mol. The van der Waals surface area contributed by atoms with Gasteiger partial charge in [0.1, 0.15) is 6.73 Å². The van der Waals surface area contributed by atoms with Crippen LogP contribution in [0.25, 0.3) is 0 Å². The molecule has 17 heavy (non-hydrogen) atoms. The van der Waals surface area contributed by atoms with Gasteiger partial charge in [0.05, 0.1) is 0 Å². The minimum Gasteiger partial charge on any atom is -0.373 e. The van der Waals surface area contributed by atoms with E-state index in [1.807, 2.05) is 30.3 Å². The van der Waals surface area contributed by atoms with Crippen molar-refractivity contribution < 1.29 is 18.1 Å². The second kappa shape index (κ2) is 6.50. The Morgan fingerprint density at radius 2 is 1.82 bits per heavy atom. The number of nitrogens with one attached hydrogen (secondary N) is 1. The average Bonchev–Trinajstić information content (AvgIpc) is 2.36. The first-order valence-electron chi connectivity index (χ1n) is 5.19. The van der Waals surface area contributed by atoms with Crippen molar-refractivity contribution in [3.8, 4) is 0 Å². The van der Waals surface area contributed by atoms with E-state index in [9.17, 15) is 4.79 Å². The Labute approximate surface area is 102 Å². The molecule has 0 spiro atoms. The summed E-state index contributed by atoms with van der Waals surface area (Å²) >= 11 is 0. The van der Waals surface area contributed by atoms with Crippen LogP contribution in [0.15, 0.2) is 30.3 Å². The molecule has 0 saturated heterocycles. The van der Waals surface area contributed by atoms with Crippen molar-refractivity contribution in [1.82, 2.24) is 5.32 Å². The fourth-order valence-electron chi connectivity index (χ4n) is 1.40. The standard InChI is InChI=1S/C11H17NO4Si/c1-10(13)12-9-16-17(14-2,15-3)11-7-5-4-6-8-11/h4-8H,9H2,1-3H3,(H,12,13). The zero-order valence-corrected chi connectivity index (χ0v) is 11.2. The van der Waals surface area contributed by atoms with Crippen LogP contribution in [0.3, 0.4) is 0 Å². The molecule has 1 aromatic carbocycles. The van der Waals surface area contributed by atoms with E-state index < -0.39 is 8.80 Å². The molecule has 0 atom stereocenters. The monoisotopic (exact) mass is 255 g/mol. The first kappa shape index (κ1) is 13.9. The van der Waals surface area contributed by atoms with E-state index in [1.54, 1.807) is 0 Å². The SMILES string of the molecule is CO[Si](OC)(OCNC(C)=O)c1ccccc1. The Hall–Kier alpha value is -1.21. The third-order valence-corrected chi connectivity index (χ3v) is 4.89. The molecule has 0 aromatic heterocycles. The van der Waals surface area contributed by atoms with E-state index in [-0.39, 0.29) is 12.6 Å². The molecule has 1 N–H and O–H groups in total. The van der Waals surface area contributed by atoms with Gasteiger partial charge in [-0.2, -0.15) is 0 Å². The Bertz CT molecular complexity index is 354. The van der Waals surface area contributed by atoms with Gasteiger partial charge in [-0.3, -0.25) is 4.79 Å². The highest BCUT2D eigenvalue weighted by Crippen LogP contribution is 2.07. The first-order chi connectivity index (χ1) is 8.14. The van der Waals surface area contributed by atoms with Gasteiger partial charge in [0.2, 0.25) is 5.91 Å². The molecule has 0 heterocycles. The van der Waals surface area contributed by atoms with Crippen LogP contribution < -0.4 is 10.5 Å². The van der Waals surface area contributed by atoms with Crippen molar-refractivity contribution in [3.63, 3.8) is 0 Å². The molecule has 0 bridgehead atoms. The van der Waals surface area contributed by atoms with Gasteiger partial charge in [0.15, 0.2) is 0 Å². The van der Waals surface area contributed by atoms with Crippen molar-refractivity contribution in [2.24, 2.45) is 0 Å². The molecule has 0 unspecified atom stereocenters. The molecule has 1 amide bonds. The van der Waals surface area contributed by atoms with Crippen molar-refractivity contribution >= 4 is 19.9 Å². The van der Waals surface area contributed by atoms with Gasteiger partial charge in [-0.05, 0) is 0 Å². The van der Waals surface area contributed by atoms with Crippen LogP contribution in [0, 0.1) is 0 Å². The Morgan fingerprint density at radius 1 is 1.24 bits per heavy atom. The second-order valence-electron chi connectivity index (χ2n) is 3.35. The van der Waals surface area contributed by atoms with E-state index in [4.69, 9.17) is 13.3 Å². The molecule has 0 aliphatic heterocycles. The summed E-state index contributed by atoms with van der Waals surface area (Å²) in [6.07, 6.45) is 0. The molecule has 6 heteroatoms. The van der Waals surface area contributed by atoms with Gasteiger partial charge < -0.3 is 18.6 Å². The van der Waals surface area contributed by atoms with Crippen molar-refractivity contribution in [1.29, 1.82) is 0 Å². The number of benzene rings is 1. The highest BCUT2D eigenvalue weighted by atomic mass is 28.4. The van der Waals surface area contributed by atoms with Crippen molar-refractivity contribution in [2.75, 3.05) is 21.0 Å². The van der Waals surface area contributed by atoms with E-state index in [0.717, 1.165) is 5.19 Å². The van der Waals surface area contributed by atoms with Crippen LogP contribution in [0.2, 0.25) is 0 Å². The number of carbonyl (C=O) groups is 1. The molecule has 1 rings (SSSR count). The summed E-state index contributed by atoms with van der Waals surface area (Å²) in [4.78, 5) is 10.8. The van der Waals surface area contributed by atoms with E-state index in [0.29, 0.717) is 0 Å². The third-order valence-electron chi connectivity index (χ3n) is 2.25. The summed E-state index contributed by atoms with van der Waals surface area (Å²) in [5.74, 6) is -0.159. The zero-order chi connectivity index (χ0) is 12.7. The highest BCUT2D eigenvalue weighted by molar-refractivity contribution is 6.75. The quantitative estimate of drug-likeness (QED) is 0.584. The smallest absolute Gasteiger partial charge is 0.373 e. The molecule has 0 fully saturated rings. The maximum Gasteiger partial charge on any atom is 0.538 e. The molecule has 0 radical (unpaired) electrons. The van der Waals surface area contributed by atoms with Crippen LogP contribution in [0.4, 0.5) is 0 Å². The van der Waals surface area contributed by atoms with Crippen LogP contribution in [-0.4, -0.2) is 35.7 Å². The largest absolute Gasteiger partial charge is 0.538 e. The summed E-state index contributed by atoms with van der Waals surface area (Å²) in [6.45, 7) is 1.49. The lowest BCUT2D eigenvalue weighted by atomic mass is 10.4. The Balaban J connectivity index is 2.78. The fourth-order valence-corrected chi connectivity index (χ4v) is 3.30. The molecular formula is C11H17NO4Si. The van der Waals surface area contributed by atoms with Gasteiger partial charge in [-0.15, -0.1) is 0 Å². The average molecular weight is 255 g/mol. The maximum absolute atomic E-state index is 10.8. The minimum atomic E-state index is -2.90. The summed E-state index contributed by atoms with van der Waals surface area (Å²) < 4.78 is 16.4. The number of hydrogen-bond acceptors (Lipinski definition) is 4. The number of carbonyl (C=O) groups excluding carboxylic acids is 1. The number of amides is 1. The van der Waals surface area contributed by atoms with Crippen molar-refractivity contribution in [2.45, 2.75) is 6.92 Å². The molecule has 1 aromatic rings. The summed E-state index contributed by atoms with van der Waals surface area (Å²) in [7, 11) is 0.175. The summed E-state index contributed by atoms with van der Waals surface area (Å²) in [5.41, 5.74) is 0. The highest BCUT2D eigenvalue weighted by Gasteiger charge is 2.41. The molecule has 5 nitrogen and oxygen atoms in total. The van der Waals surface area contributed by atoms with E-state index >= 15 is 0 Å². The molecule has 0 aliphatic rings. The second-order valence-corrected chi connectivity index (χ2v) is 6.15. The minimum absolute atomic E-state index is 0.0676. The Morgan fingerprint density at radius 3 is 2.29 bits per heavy atom. The van der Waals surface area contributed by atoms with Gasteiger partial charge in [-0.25, -0.2) is 0 Å². The predicted octanol–water partition coefficient (Wildman–Crippen LogP) is 0.235.